The zero-order valence-corrected chi connectivity index (χ0v) is 21.3. The Hall–Kier alpha value is -4.36. The van der Waals surface area contributed by atoms with Crippen molar-refractivity contribution in [2.45, 2.75) is 44.3 Å². The molecule has 1 heterocycles. The average molecular weight is 528 g/mol. The third-order valence-electron chi connectivity index (χ3n) is 6.69. The SMILES string of the molecule is O=C1N[C@H](c2ccc(OCc3ccccc3)cc2OCc2ccccc2)[C@@H](CC[C@H](O)c2ccc(F)cc2)O1. The summed E-state index contributed by atoms with van der Waals surface area (Å²) >= 11 is 0. The Bertz CT molecular complexity index is 1360. The zero-order valence-electron chi connectivity index (χ0n) is 21.3. The molecule has 1 saturated heterocycles. The van der Waals surface area contributed by atoms with Gasteiger partial charge in [0.1, 0.15) is 36.6 Å². The summed E-state index contributed by atoms with van der Waals surface area (Å²) in [6, 6.07) is 30.5. The van der Waals surface area contributed by atoms with Gasteiger partial charge in [-0.2, -0.15) is 0 Å². The van der Waals surface area contributed by atoms with Crippen molar-refractivity contribution < 1.29 is 28.5 Å². The smallest absolute Gasteiger partial charge is 0.408 e. The highest BCUT2D eigenvalue weighted by molar-refractivity contribution is 5.71. The Morgan fingerprint density at radius 1 is 0.846 bits per heavy atom. The second-order valence-electron chi connectivity index (χ2n) is 9.46. The third-order valence-corrected chi connectivity index (χ3v) is 6.69. The number of nitrogens with one attached hydrogen (secondary N) is 1. The highest BCUT2D eigenvalue weighted by Crippen LogP contribution is 2.37. The van der Waals surface area contributed by atoms with Crippen LogP contribution >= 0.6 is 0 Å². The number of aliphatic hydroxyl groups excluding tert-OH is 1. The van der Waals surface area contributed by atoms with Crippen LogP contribution in [0.15, 0.2) is 103 Å². The van der Waals surface area contributed by atoms with Crippen LogP contribution in [0.5, 0.6) is 11.5 Å². The number of amides is 1. The van der Waals surface area contributed by atoms with E-state index in [9.17, 15) is 14.3 Å². The highest BCUT2D eigenvalue weighted by Gasteiger charge is 2.37. The Balaban J connectivity index is 1.34. The van der Waals surface area contributed by atoms with Crippen LogP contribution in [0.1, 0.15) is 47.2 Å². The minimum Gasteiger partial charge on any atom is -0.489 e. The van der Waals surface area contributed by atoms with Gasteiger partial charge in [-0.15, -0.1) is 0 Å². The summed E-state index contributed by atoms with van der Waals surface area (Å²) in [5.74, 6) is 0.850. The van der Waals surface area contributed by atoms with Crippen molar-refractivity contribution in [3.8, 4) is 11.5 Å². The van der Waals surface area contributed by atoms with Crippen LogP contribution in [0.3, 0.4) is 0 Å². The van der Waals surface area contributed by atoms with E-state index in [0.29, 0.717) is 43.1 Å². The maximum Gasteiger partial charge on any atom is 0.408 e. The number of carbonyl (C=O) groups excluding carboxylic acids is 1. The number of benzene rings is 4. The van der Waals surface area contributed by atoms with Crippen LogP contribution in [0, 0.1) is 5.82 Å². The fourth-order valence-corrected chi connectivity index (χ4v) is 4.60. The standard InChI is InChI=1S/C32H30FNO5/c33-25-13-11-24(12-14-25)28(35)17-18-29-31(34-32(36)39-29)27-16-15-26(37-20-22-7-3-1-4-8-22)19-30(27)38-21-23-9-5-2-6-10-23/h1-16,19,28-29,31,35H,17-18,20-21H2,(H,34,36)/t28-,29+,31+/m0/s1. The number of carbonyl (C=O) groups is 1. The molecular formula is C32H30FNO5. The molecule has 1 fully saturated rings. The van der Waals surface area contributed by atoms with Gasteiger partial charge in [-0.25, -0.2) is 9.18 Å². The molecule has 0 aliphatic carbocycles. The summed E-state index contributed by atoms with van der Waals surface area (Å²) in [6.45, 7) is 0.747. The number of ether oxygens (including phenoxy) is 3. The predicted octanol–water partition coefficient (Wildman–Crippen LogP) is 6.65. The second-order valence-corrected chi connectivity index (χ2v) is 9.46. The van der Waals surface area contributed by atoms with Crippen molar-refractivity contribution in [3.05, 3.63) is 131 Å². The van der Waals surface area contributed by atoms with Crippen LogP contribution in [-0.2, 0) is 18.0 Å². The molecule has 4 aromatic rings. The third kappa shape index (κ3) is 6.94. The van der Waals surface area contributed by atoms with Crippen LogP contribution in [0.2, 0.25) is 0 Å². The molecule has 0 bridgehead atoms. The fourth-order valence-electron chi connectivity index (χ4n) is 4.60. The van der Waals surface area contributed by atoms with Crippen molar-refractivity contribution in [3.63, 3.8) is 0 Å². The number of alkyl carbamates (subject to hydrolysis) is 1. The van der Waals surface area contributed by atoms with E-state index < -0.39 is 24.3 Å². The zero-order chi connectivity index (χ0) is 27.0. The van der Waals surface area contributed by atoms with Crippen molar-refractivity contribution >= 4 is 6.09 Å². The minimum atomic E-state index is -0.812. The molecular weight excluding hydrogens is 497 g/mol. The number of hydrogen-bond donors (Lipinski definition) is 2. The maximum atomic E-state index is 13.3. The number of rotatable bonds is 11. The number of cyclic esters (lactones) is 1. The molecule has 3 atom stereocenters. The summed E-state index contributed by atoms with van der Waals surface area (Å²) in [5, 5.41) is 13.5. The molecule has 4 aromatic carbocycles. The van der Waals surface area contributed by atoms with E-state index in [1.165, 1.54) is 12.1 Å². The summed E-state index contributed by atoms with van der Waals surface area (Å²) < 4.78 is 31.1. The first-order chi connectivity index (χ1) is 19.0. The molecule has 6 nitrogen and oxygen atoms in total. The van der Waals surface area contributed by atoms with E-state index >= 15 is 0 Å². The van der Waals surface area contributed by atoms with Gasteiger partial charge in [-0.05, 0) is 53.8 Å². The molecule has 0 unspecified atom stereocenters. The molecule has 39 heavy (non-hydrogen) atoms. The Labute approximate surface area is 227 Å². The molecule has 0 aromatic heterocycles. The maximum absolute atomic E-state index is 13.3. The van der Waals surface area contributed by atoms with E-state index in [2.05, 4.69) is 5.32 Å². The Morgan fingerprint density at radius 2 is 1.49 bits per heavy atom. The second kappa shape index (κ2) is 12.5. The molecule has 2 N–H and O–H groups in total. The van der Waals surface area contributed by atoms with E-state index in [0.717, 1.165) is 16.7 Å². The van der Waals surface area contributed by atoms with Crippen LogP contribution in [0.25, 0.3) is 0 Å². The van der Waals surface area contributed by atoms with Crippen molar-refractivity contribution in [1.82, 2.24) is 5.32 Å². The summed E-state index contributed by atoms with van der Waals surface area (Å²) in [7, 11) is 0. The highest BCUT2D eigenvalue weighted by atomic mass is 19.1. The lowest BCUT2D eigenvalue weighted by atomic mass is 9.95. The molecule has 1 aliphatic rings. The van der Waals surface area contributed by atoms with E-state index in [1.54, 1.807) is 12.1 Å². The van der Waals surface area contributed by atoms with Gasteiger partial charge in [0.25, 0.3) is 0 Å². The van der Waals surface area contributed by atoms with Gasteiger partial charge in [0, 0.05) is 11.6 Å². The van der Waals surface area contributed by atoms with Crippen molar-refractivity contribution in [2.24, 2.45) is 0 Å². The molecule has 0 radical (unpaired) electrons. The lowest BCUT2D eigenvalue weighted by Gasteiger charge is -2.22. The van der Waals surface area contributed by atoms with Crippen molar-refractivity contribution in [1.29, 1.82) is 0 Å². The number of aliphatic hydroxyl groups is 1. The number of halogens is 1. The first kappa shape index (κ1) is 26.3. The molecule has 7 heteroatoms. The lowest BCUT2D eigenvalue weighted by molar-refractivity contribution is 0.100. The van der Waals surface area contributed by atoms with Gasteiger partial charge in [0.2, 0.25) is 0 Å². The molecule has 1 aliphatic heterocycles. The fraction of sp³-hybridized carbons (Fsp3) is 0.219. The number of hydrogen-bond acceptors (Lipinski definition) is 5. The predicted molar refractivity (Wildman–Crippen MR) is 145 cm³/mol. The van der Waals surface area contributed by atoms with Gasteiger partial charge in [-0.3, -0.25) is 0 Å². The first-order valence-corrected chi connectivity index (χ1v) is 12.9. The minimum absolute atomic E-state index is 0.334. The van der Waals surface area contributed by atoms with E-state index in [-0.39, 0.29) is 5.82 Å². The van der Waals surface area contributed by atoms with E-state index in [1.807, 2.05) is 78.9 Å². The first-order valence-electron chi connectivity index (χ1n) is 12.9. The van der Waals surface area contributed by atoms with Gasteiger partial charge in [-0.1, -0.05) is 72.8 Å². The van der Waals surface area contributed by atoms with E-state index in [4.69, 9.17) is 14.2 Å². The van der Waals surface area contributed by atoms with Crippen LogP contribution in [0.4, 0.5) is 9.18 Å². The lowest BCUT2D eigenvalue weighted by Crippen LogP contribution is -2.24. The quantitative estimate of drug-likeness (QED) is 0.228. The molecule has 1 amide bonds. The molecule has 0 saturated carbocycles. The monoisotopic (exact) mass is 527 g/mol. The Morgan fingerprint density at radius 3 is 2.15 bits per heavy atom. The summed E-state index contributed by atoms with van der Waals surface area (Å²) in [6.07, 6.45) is -1.14. The normalized spacial score (nSPS) is 17.2. The Kier molecular flexibility index (Phi) is 8.39. The van der Waals surface area contributed by atoms with Gasteiger partial charge < -0.3 is 24.6 Å². The van der Waals surface area contributed by atoms with Gasteiger partial charge >= 0.3 is 6.09 Å². The largest absolute Gasteiger partial charge is 0.489 e. The molecule has 5 rings (SSSR count). The topological polar surface area (TPSA) is 77.0 Å². The average Bonchev–Trinajstić information content (AvgIpc) is 3.35. The summed E-state index contributed by atoms with van der Waals surface area (Å²) in [5.41, 5.74) is 3.41. The molecule has 200 valence electrons. The van der Waals surface area contributed by atoms with Crippen LogP contribution < -0.4 is 14.8 Å². The van der Waals surface area contributed by atoms with Gasteiger partial charge in [0.05, 0.1) is 12.1 Å². The summed E-state index contributed by atoms with van der Waals surface area (Å²) in [4.78, 5) is 12.3. The van der Waals surface area contributed by atoms with Crippen molar-refractivity contribution in [2.75, 3.05) is 0 Å². The molecule has 0 spiro atoms. The van der Waals surface area contributed by atoms with Gasteiger partial charge in [0.15, 0.2) is 0 Å². The van der Waals surface area contributed by atoms with Crippen LogP contribution in [-0.4, -0.2) is 17.3 Å².